The lowest BCUT2D eigenvalue weighted by Gasteiger charge is -2.35. The van der Waals surface area contributed by atoms with E-state index in [4.69, 9.17) is 11.6 Å². The summed E-state index contributed by atoms with van der Waals surface area (Å²) in [6, 6.07) is 4.96. The number of anilines is 1. The van der Waals surface area contributed by atoms with Crippen LogP contribution >= 0.6 is 11.6 Å². The van der Waals surface area contributed by atoms with Gasteiger partial charge in [-0.1, -0.05) is 37.9 Å². The summed E-state index contributed by atoms with van der Waals surface area (Å²) in [5.41, 5.74) is 1.62. The van der Waals surface area contributed by atoms with E-state index in [9.17, 15) is 9.59 Å². The van der Waals surface area contributed by atoms with Gasteiger partial charge in [0.15, 0.2) is 0 Å². The zero-order chi connectivity index (χ0) is 14.9. The SMILES string of the molecule is CCC(C)C1NC(=O)CN(c2ccc(C)c(Cl)c2)C1=O. The zero-order valence-electron chi connectivity index (χ0n) is 11.9. The fraction of sp³-hybridized carbons (Fsp3) is 0.467. The predicted molar refractivity (Wildman–Crippen MR) is 79.9 cm³/mol. The standard InChI is InChI=1S/C15H19ClN2O2/c1-4-9(2)14-15(20)18(8-13(19)17-14)11-6-5-10(3)12(16)7-11/h5-7,9,14H,4,8H2,1-3H3,(H,17,19). The second-order valence-electron chi connectivity index (χ2n) is 5.29. The zero-order valence-corrected chi connectivity index (χ0v) is 12.7. The van der Waals surface area contributed by atoms with Gasteiger partial charge in [0.2, 0.25) is 11.8 Å². The number of nitrogens with one attached hydrogen (secondary N) is 1. The Kier molecular flexibility index (Phi) is 4.33. The third-order valence-corrected chi connectivity index (χ3v) is 4.24. The summed E-state index contributed by atoms with van der Waals surface area (Å²) in [6.45, 7) is 5.92. The third kappa shape index (κ3) is 2.80. The Bertz CT molecular complexity index is 545. The van der Waals surface area contributed by atoms with Crippen LogP contribution in [0, 0.1) is 12.8 Å². The Balaban J connectivity index is 2.32. The molecule has 2 atom stereocenters. The molecule has 5 heteroatoms. The Labute approximate surface area is 124 Å². The molecular formula is C15H19ClN2O2. The van der Waals surface area contributed by atoms with Crippen LogP contribution in [0.25, 0.3) is 0 Å². The molecule has 2 rings (SSSR count). The molecule has 0 bridgehead atoms. The van der Waals surface area contributed by atoms with Gasteiger partial charge < -0.3 is 10.2 Å². The second-order valence-corrected chi connectivity index (χ2v) is 5.70. The Hall–Kier alpha value is -1.55. The molecule has 1 saturated heterocycles. The van der Waals surface area contributed by atoms with Crippen molar-refractivity contribution in [2.75, 3.05) is 11.4 Å². The van der Waals surface area contributed by atoms with Crippen LogP contribution in [-0.2, 0) is 9.59 Å². The predicted octanol–water partition coefficient (Wildman–Crippen LogP) is 2.53. The number of nitrogens with zero attached hydrogens (tertiary/aromatic N) is 1. The van der Waals surface area contributed by atoms with E-state index in [1.165, 1.54) is 4.90 Å². The molecule has 1 aromatic rings. The molecule has 1 aliphatic heterocycles. The van der Waals surface area contributed by atoms with Crippen molar-refractivity contribution in [2.24, 2.45) is 5.92 Å². The molecule has 1 aliphatic rings. The summed E-state index contributed by atoms with van der Waals surface area (Å²) in [7, 11) is 0. The van der Waals surface area contributed by atoms with Gasteiger partial charge in [-0.2, -0.15) is 0 Å². The van der Waals surface area contributed by atoms with E-state index in [-0.39, 0.29) is 24.3 Å². The highest BCUT2D eigenvalue weighted by atomic mass is 35.5. The Morgan fingerprint density at radius 1 is 1.45 bits per heavy atom. The average Bonchev–Trinajstić information content (AvgIpc) is 2.43. The van der Waals surface area contributed by atoms with Crippen LogP contribution in [0.1, 0.15) is 25.8 Å². The molecule has 0 aromatic heterocycles. The number of rotatable bonds is 3. The lowest BCUT2D eigenvalue weighted by Crippen LogP contribution is -2.60. The monoisotopic (exact) mass is 294 g/mol. The largest absolute Gasteiger partial charge is 0.342 e. The van der Waals surface area contributed by atoms with Crippen LogP contribution in [0.3, 0.4) is 0 Å². The summed E-state index contributed by atoms with van der Waals surface area (Å²) in [5, 5.41) is 3.38. The van der Waals surface area contributed by atoms with E-state index in [1.54, 1.807) is 6.07 Å². The number of benzene rings is 1. The molecule has 108 valence electrons. The molecule has 0 saturated carbocycles. The lowest BCUT2D eigenvalue weighted by atomic mass is 9.96. The van der Waals surface area contributed by atoms with Gasteiger partial charge in [0.05, 0.1) is 0 Å². The fourth-order valence-electron chi connectivity index (χ4n) is 2.26. The fourth-order valence-corrected chi connectivity index (χ4v) is 2.43. The molecule has 4 nitrogen and oxygen atoms in total. The number of carbonyl (C=O) groups is 2. The number of hydrogen-bond donors (Lipinski definition) is 1. The summed E-state index contributed by atoms with van der Waals surface area (Å²) in [4.78, 5) is 25.9. The molecule has 1 N–H and O–H groups in total. The van der Waals surface area contributed by atoms with Crippen molar-refractivity contribution < 1.29 is 9.59 Å². The molecule has 20 heavy (non-hydrogen) atoms. The van der Waals surface area contributed by atoms with Gasteiger partial charge in [-0.3, -0.25) is 9.59 Å². The molecule has 0 aliphatic carbocycles. The molecule has 2 unspecified atom stereocenters. The van der Waals surface area contributed by atoms with Crippen LogP contribution in [-0.4, -0.2) is 24.4 Å². The third-order valence-electron chi connectivity index (χ3n) is 3.83. The maximum Gasteiger partial charge on any atom is 0.250 e. The van der Waals surface area contributed by atoms with Crippen LogP contribution < -0.4 is 10.2 Å². The van der Waals surface area contributed by atoms with Gasteiger partial charge >= 0.3 is 0 Å². The van der Waals surface area contributed by atoms with Crippen LogP contribution in [0.15, 0.2) is 18.2 Å². The molecule has 2 amide bonds. The van der Waals surface area contributed by atoms with Gasteiger partial charge in [-0.25, -0.2) is 0 Å². The molecule has 0 spiro atoms. The summed E-state index contributed by atoms with van der Waals surface area (Å²) < 4.78 is 0. The molecule has 1 fully saturated rings. The highest BCUT2D eigenvalue weighted by Gasteiger charge is 2.36. The molecule has 1 aromatic carbocycles. The summed E-state index contributed by atoms with van der Waals surface area (Å²) in [5.74, 6) is -0.0966. The van der Waals surface area contributed by atoms with E-state index >= 15 is 0 Å². The van der Waals surface area contributed by atoms with E-state index in [0.29, 0.717) is 10.7 Å². The van der Waals surface area contributed by atoms with E-state index in [1.807, 2.05) is 32.9 Å². The minimum atomic E-state index is -0.457. The molecule has 0 radical (unpaired) electrons. The number of piperazine rings is 1. The van der Waals surface area contributed by atoms with Crippen molar-refractivity contribution in [1.82, 2.24) is 5.32 Å². The lowest BCUT2D eigenvalue weighted by molar-refractivity contribution is -0.132. The minimum Gasteiger partial charge on any atom is -0.342 e. The van der Waals surface area contributed by atoms with Crippen LogP contribution in [0.2, 0.25) is 5.02 Å². The van der Waals surface area contributed by atoms with Gasteiger partial charge in [0.25, 0.3) is 0 Å². The van der Waals surface area contributed by atoms with Gasteiger partial charge in [-0.05, 0) is 30.5 Å². The maximum atomic E-state index is 12.5. The first-order valence-electron chi connectivity index (χ1n) is 6.81. The first-order valence-corrected chi connectivity index (χ1v) is 7.18. The van der Waals surface area contributed by atoms with Gasteiger partial charge in [0, 0.05) is 10.7 Å². The van der Waals surface area contributed by atoms with Crippen molar-refractivity contribution in [3.05, 3.63) is 28.8 Å². The number of carbonyl (C=O) groups excluding carboxylic acids is 2. The topological polar surface area (TPSA) is 49.4 Å². The first kappa shape index (κ1) is 14.9. The maximum absolute atomic E-state index is 12.5. The van der Waals surface area contributed by atoms with Crippen LogP contribution in [0.5, 0.6) is 0 Å². The van der Waals surface area contributed by atoms with E-state index < -0.39 is 6.04 Å². The smallest absolute Gasteiger partial charge is 0.250 e. The van der Waals surface area contributed by atoms with Gasteiger partial charge in [0.1, 0.15) is 12.6 Å². The van der Waals surface area contributed by atoms with Crippen molar-refractivity contribution in [1.29, 1.82) is 0 Å². The average molecular weight is 295 g/mol. The first-order chi connectivity index (χ1) is 9.43. The number of amides is 2. The van der Waals surface area contributed by atoms with Crippen molar-refractivity contribution in [3.8, 4) is 0 Å². The molecule has 1 heterocycles. The van der Waals surface area contributed by atoms with Crippen LogP contribution in [0.4, 0.5) is 5.69 Å². The number of halogens is 1. The highest BCUT2D eigenvalue weighted by Crippen LogP contribution is 2.26. The summed E-state index contributed by atoms with van der Waals surface area (Å²) >= 11 is 6.10. The van der Waals surface area contributed by atoms with Crippen molar-refractivity contribution >= 4 is 29.1 Å². The highest BCUT2D eigenvalue weighted by molar-refractivity contribution is 6.31. The Morgan fingerprint density at radius 2 is 2.15 bits per heavy atom. The summed E-state index contributed by atoms with van der Waals surface area (Å²) in [6.07, 6.45) is 0.833. The second kappa shape index (κ2) is 5.83. The van der Waals surface area contributed by atoms with Gasteiger partial charge in [-0.15, -0.1) is 0 Å². The quantitative estimate of drug-likeness (QED) is 0.931. The number of hydrogen-bond acceptors (Lipinski definition) is 2. The van der Waals surface area contributed by atoms with Crippen molar-refractivity contribution in [2.45, 2.75) is 33.2 Å². The van der Waals surface area contributed by atoms with E-state index in [0.717, 1.165) is 12.0 Å². The number of aryl methyl sites for hydroxylation is 1. The normalized spacial score (nSPS) is 20.8. The Morgan fingerprint density at radius 3 is 2.75 bits per heavy atom. The minimum absolute atomic E-state index is 0.0468. The molecular weight excluding hydrogens is 276 g/mol. The van der Waals surface area contributed by atoms with E-state index in [2.05, 4.69) is 5.32 Å². The van der Waals surface area contributed by atoms with Crippen molar-refractivity contribution in [3.63, 3.8) is 0 Å².